The van der Waals surface area contributed by atoms with Gasteiger partial charge in [0.25, 0.3) is 0 Å². The van der Waals surface area contributed by atoms with Crippen molar-refractivity contribution in [2.45, 2.75) is 5.03 Å². The molecular weight excluding hydrogens is 234 g/mol. The molecule has 0 radical (unpaired) electrons. The third kappa shape index (κ3) is 2.23. The number of hydrogen-bond acceptors (Lipinski definition) is 4. The predicted molar refractivity (Wildman–Crippen MR) is 57.4 cm³/mol. The molecule has 0 atom stereocenters. The summed E-state index contributed by atoms with van der Waals surface area (Å²) in [5.41, 5.74) is 1.37. The fourth-order valence-corrected chi connectivity index (χ4v) is 2.24. The lowest BCUT2D eigenvalue weighted by Gasteiger charge is -1.99. The molecule has 0 saturated carbocycles. The van der Waals surface area contributed by atoms with Crippen molar-refractivity contribution in [2.24, 2.45) is 0 Å². The highest BCUT2D eigenvalue weighted by Gasteiger charge is 2.12. The average Bonchev–Trinajstić information content (AvgIpc) is 2.69. The molecule has 6 heteroatoms. The van der Waals surface area contributed by atoms with Crippen molar-refractivity contribution >= 4 is 21.5 Å². The van der Waals surface area contributed by atoms with Crippen LogP contribution in [0, 0.1) is 0 Å². The molecule has 0 unspecified atom stereocenters. The normalized spacial score (nSPS) is 11.5. The first-order valence-corrected chi connectivity index (χ1v) is 6.43. The Labute approximate surface area is 91.0 Å². The molecule has 2 heterocycles. The van der Waals surface area contributed by atoms with E-state index in [0.717, 1.165) is 5.56 Å². The minimum Gasteiger partial charge on any atom is -0.281 e. The van der Waals surface area contributed by atoms with Gasteiger partial charge in [-0.15, -0.1) is 0 Å². The second kappa shape index (κ2) is 3.73. The zero-order valence-electron chi connectivity index (χ0n) is 7.49. The molecule has 0 aromatic carbocycles. The Bertz CT molecular complexity index is 561. The maximum atomic E-state index is 10.9. The van der Waals surface area contributed by atoms with Crippen molar-refractivity contribution in [1.29, 1.82) is 0 Å². The fraction of sp³-hybridized carbons (Fsp3) is 0. The molecule has 15 heavy (non-hydrogen) atoms. The first-order valence-electron chi connectivity index (χ1n) is 4.04. The van der Waals surface area contributed by atoms with E-state index in [1.807, 2.05) is 16.8 Å². The van der Waals surface area contributed by atoms with Crippen molar-refractivity contribution in [3.05, 3.63) is 35.0 Å². The van der Waals surface area contributed by atoms with Gasteiger partial charge in [-0.05, 0) is 23.6 Å². The Hall–Kier alpha value is -1.24. The lowest BCUT2D eigenvalue weighted by Crippen LogP contribution is -2.01. The largest absolute Gasteiger partial charge is 0.312 e. The van der Waals surface area contributed by atoms with Gasteiger partial charge in [0.05, 0.1) is 5.69 Å². The van der Waals surface area contributed by atoms with E-state index in [4.69, 9.17) is 4.55 Å². The minimum absolute atomic E-state index is 0.328. The molecule has 0 amide bonds. The monoisotopic (exact) mass is 241 g/mol. The Morgan fingerprint density at radius 3 is 2.67 bits per heavy atom. The Balaban J connectivity index is 2.53. The van der Waals surface area contributed by atoms with E-state index in [-0.39, 0.29) is 5.03 Å². The van der Waals surface area contributed by atoms with Gasteiger partial charge in [0.2, 0.25) is 0 Å². The smallest absolute Gasteiger partial charge is 0.281 e. The van der Waals surface area contributed by atoms with Gasteiger partial charge in [0, 0.05) is 10.9 Å². The first-order chi connectivity index (χ1) is 7.07. The van der Waals surface area contributed by atoms with E-state index >= 15 is 0 Å². The molecule has 0 spiro atoms. The third-order valence-electron chi connectivity index (χ3n) is 1.80. The van der Waals surface area contributed by atoms with Crippen LogP contribution in [0.4, 0.5) is 0 Å². The van der Waals surface area contributed by atoms with Crippen LogP contribution in [0.3, 0.4) is 0 Å². The summed E-state index contributed by atoms with van der Waals surface area (Å²) in [6.45, 7) is 0. The van der Waals surface area contributed by atoms with Gasteiger partial charge in [-0.25, -0.2) is 4.98 Å². The molecule has 0 bridgehead atoms. The SMILES string of the molecule is O=S(=O)(O)c1cccc(-c2ccsc2)n1. The predicted octanol–water partition coefficient (Wildman–Crippen LogP) is 2.06. The number of pyridine rings is 1. The molecule has 0 aliphatic carbocycles. The Morgan fingerprint density at radius 2 is 2.07 bits per heavy atom. The molecule has 4 nitrogen and oxygen atoms in total. The highest BCUT2D eigenvalue weighted by molar-refractivity contribution is 7.85. The van der Waals surface area contributed by atoms with Gasteiger partial charge >= 0.3 is 10.1 Å². The fourth-order valence-electron chi connectivity index (χ4n) is 1.13. The van der Waals surface area contributed by atoms with Crippen molar-refractivity contribution in [2.75, 3.05) is 0 Å². The van der Waals surface area contributed by atoms with Crippen LogP contribution in [0.1, 0.15) is 0 Å². The van der Waals surface area contributed by atoms with Crippen LogP contribution in [0.25, 0.3) is 11.3 Å². The van der Waals surface area contributed by atoms with Crippen molar-refractivity contribution < 1.29 is 13.0 Å². The van der Waals surface area contributed by atoms with Gasteiger partial charge in [-0.3, -0.25) is 4.55 Å². The van der Waals surface area contributed by atoms with Crippen LogP contribution in [-0.2, 0) is 10.1 Å². The van der Waals surface area contributed by atoms with Crippen molar-refractivity contribution in [3.63, 3.8) is 0 Å². The maximum Gasteiger partial charge on any atom is 0.312 e. The zero-order valence-corrected chi connectivity index (χ0v) is 9.12. The second-order valence-corrected chi connectivity index (χ2v) is 5.00. The Morgan fingerprint density at radius 1 is 1.27 bits per heavy atom. The molecular formula is C9H7NO3S2. The van der Waals surface area contributed by atoms with Crippen LogP contribution >= 0.6 is 11.3 Å². The lowest BCUT2D eigenvalue weighted by atomic mass is 10.2. The zero-order chi connectivity index (χ0) is 10.9. The molecule has 2 aromatic rings. The summed E-state index contributed by atoms with van der Waals surface area (Å²) in [7, 11) is -4.22. The molecule has 0 aliphatic heterocycles. The van der Waals surface area contributed by atoms with E-state index in [9.17, 15) is 8.42 Å². The van der Waals surface area contributed by atoms with Gasteiger partial charge < -0.3 is 0 Å². The third-order valence-corrected chi connectivity index (χ3v) is 3.24. The number of thiophene rings is 1. The number of aromatic nitrogens is 1. The summed E-state index contributed by atoms with van der Waals surface area (Å²) in [6, 6.07) is 6.33. The summed E-state index contributed by atoms with van der Waals surface area (Å²) >= 11 is 1.50. The molecule has 2 aromatic heterocycles. The summed E-state index contributed by atoms with van der Waals surface area (Å²) < 4.78 is 30.5. The molecule has 2 rings (SSSR count). The number of rotatable bonds is 2. The first kappa shape index (κ1) is 10.3. The average molecular weight is 241 g/mol. The van der Waals surface area contributed by atoms with Crippen LogP contribution in [-0.4, -0.2) is 18.0 Å². The van der Waals surface area contributed by atoms with Gasteiger partial charge in [0.1, 0.15) is 0 Å². The van der Waals surface area contributed by atoms with Crippen LogP contribution < -0.4 is 0 Å². The van der Waals surface area contributed by atoms with Crippen molar-refractivity contribution in [1.82, 2.24) is 4.98 Å². The van der Waals surface area contributed by atoms with Crippen LogP contribution in [0.15, 0.2) is 40.1 Å². The van der Waals surface area contributed by atoms with Crippen molar-refractivity contribution in [3.8, 4) is 11.3 Å². The quantitative estimate of drug-likeness (QED) is 0.817. The second-order valence-electron chi connectivity index (χ2n) is 2.85. The van der Waals surface area contributed by atoms with Gasteiger partial charge in [-0.1, -0.05) is 6.07 Å². The summed E-state index contributed by atoms with van der Waals surface area (Å²) in [4.78, 5) is 3.86. The van der Waals surface area contributed by atoms with E-state index in [1.165, 1.54) is 17.4 Å². The minimum atomic E-state index is -4.22. The van der Waals surface area contributed by atoms with Crippen LogP contribution in [0.2, 0.25) is 0 Å². The number of hydrogen-bond donors (Lipinski definition) is 1. The molecule has 0 fully saturated rings. The molecule has 78 valence electrons. The molecule has 0 aliphatic rings. The highest BCUT2D eigenvalue weighted by atomic mass is 32.2. The van der Waals surface area contributed by atoms with E-state index in [1.54, 1.807) is 12.1 Å². The van der Waals surface area contributed by atoms with E-state index in [2.05, 4.69) is 4.98 Å². The van der Waals surface area contributed by atoms with Crippen LogP contribution in [0.5, 0.6) is 0 Å². The van der Waals surface area contributed by atoms with Gasteiger partial charge in [0.15, 0.2) is 5.03 Å². The Kier molecular flexibility index (Phi) is 2.56. The standard InChI is InChI=1S/C9H7NO3S2/c11-15(12,13)9-3-1-2-8(10-9)7-4-5-14-6-7/h1-6H,(H,11,12,13). The highest BCUT2D eigenvalue weighted by Crippen LogP contribution is 2.20. The van der Waals surface area contributed by atoms with E-state index < -0.39 is 10.1 Å². The maximum absolute atomic E-state index is 10.9. The van der Waals surface area contributed by atoms with Gasteiger partial charge in [-0.2, -0.15) is 19.8 Å². The topological polar surface area (TPSA) is 67.3 Å². The van der Waals surface area contributed by atoms with E-state index in [0.29, 0.717) is 5.69 Å². The summed E-state index contributed by atoms with van der Waals surface area (Å²) in [6.07, 6.45) is 0. The molecule has 1 N–H and O–H groups in total. The number of nitrogens with zero attached hydrogens (tertiary/aromatic N) is 1. The lowest BCUT2D eigenvalue weighted by molar-refractivity contribution is 0.479. The summed E-state index contributed by atoms with van der Waals surface area (Å²) in [5.74, 6) is 0. The molecule has 0 saturated heterocycles. The summed E-state index contributed by atoms with van der Waals surface area (Å²) in [5, 5.41) is 3.40.